The first kappa shape index (κ1) is 16.3. The minimum absolute atomic E-state index is 0.0861. The molecule has 0 amide bonds. The van der Waals surface area contributed by atoms with E-state index in [4.69, 9.17) is 10.3 Å². The molecule has 2 N–H and O–H groups in total. The van der Waals surface area contributed by atoms with Crippen LogP contribution in [0.2, 0.25) is 0 Å². The van der Waals surface area contributed by atoms with Gasteiger partial charge in [0.05, 0.1) is 12.0 Å². The van der Waals surface area contributed by atoms with Crippen LogP contribution in [0.1, 0.15) is 70.1 Å². The molecule has 0 spiro atoms. The molecule has 0 aromatic carbocycles. The van der Waals surface area contributed by atoms with E-state index in [1.165, 1.54) is 0 Å². The lowest BCUT2D eigenvalue weighted by atomic mass is 9.81. The third-order valence-corrected chi connectivity index (χ3v) is 4.21. The van der Waals surface area contributed by atoms with E-state index in [0.29, 0.717) is 24.6 Å². The third kappa shape index (κ3) is 3.75. The molecule has 4 nitrogen and oxygen atoms in total. The summed E-state index contributed by atoms with van der Waals surface area (Å²) in [6, 6.07) is -0.360. The highest BCUT2D eigenvalue weighted by atomic mass is 19.4. The summed E-state index contributed by atoms with van der Waals surface area (Å²) in [5.41, 5.74) is 5.86. The van der Waals surface area contributed by atoms with E-state index < -0.39 is 12.1 Å². The van der Waals surface area contributed by atoms with Crippen molar-refractivity contribution in [3.63, 3.8) is 0 Å². The third-order valence-electron chi connectivity index (χ3n) is 4.21. The largest absolute Gasteiger partial charge is 0.391 e. The molecule has 1 aliphatic carbocycles. The fraction of sp³-hybridized carbons (Fsp3) is 0.857. The van der Waals surface area contributed by atoms with Gasteiger partial charge in [-0.3, -0.25) is 0 Å². The zero-order valence-electron chi connectivity index (χ0n) is 12.6. The summed E-state index contributed by atoms with van der Waals surface area (Å²) in [4.78, 5) is 4.30. The first-order valence-electron chi connectivity index (χ1n) is 7.25. The van der Waals surface area contributed by atoms with Crippen molar-refractivity contribution < 1.29 is 17.7 Å². The Kier molecular flexibility index (Phi) is 4.33. The van der Waals surface area contributed by atoms with Crippen LogP contribution in [-0.2, 0) is 0 Å². The smallest absolute Gasteiger partial charge is 0.339 e. The quantitative estimate of drug-likeness (QED) is 0.898. The number of nitrogens with zero attached hydrogens (tertiary/aromatic N) is 2. The minimum Gasteiger partial charge on any atom is -0.339 e. The van der Waals surface area contributed by atoms with Crippen molar-refractivity contribution in [1.29, 1.82) is 0 Å². The lowest BCUT2D eigenvalue weighted by Gasteiger charge is -2.28. The Hall–Kier alpha value is -1.11. The minimum atomic E-state index is -4.10. The highest BCUT2D eigenvalue weighted by Crippen LogP contribution is 2.42. The topological polar surface area (TPSA) is 64.9 Å². The van der Waals surface area contributed by atoms with Crippen molar-refractivity contribution in [1.82, 2.24) is 10.1 Å². The first-order valence-corrected chi connectivity index (χ1v) is 7.25. The maximum Gasteiger partial charge on any atom is 0.391 e. The van der Waals surface area contributed by atoms with Gasteiger partial charge in [-0.25, -0.2) is 0 Å². The van der Waals surface area contributed by atoms with Gasteiger partial charge in [-0.15, -0.1) is 0 Å². The number of halogens is 3. The van der Waals surface area contributed by atoms with Crippen molar-refractivity contribution in [3.8, 4) is 0 Å². The van der Waals surface area contributed by atoms with Crippen LogP contribution >= 0.6 is 0 Å². The van der Waals surface area contributed by atoms with Gasteiger partial charge < -0.3 is 10.3 Å². The van der Waals surface area contributed by atoms with Crippen molar-refractivity contribution in [2.75, 3.05) is 0 Å². The van der Waals surface area contributed by atoms with Crippen LogP contribution in [0.3, 0.4) is 0 Å². The summed E-state index contributed by atoms with van der Waals surface area (Å²) < 4.78 is 43.2. The Morgan fingerprint density at radius 3 is 2.19 bits per heavy atom. The van der Waals surface area contributed by atoms with Gasteiger partial charge in [0, 0.05) is 5.92 Å². The highest BCUT2D eigenvalue weighted by molar-refractivity contribution is 5.02. The van der Waals surface area contributed by atoms with Crippen molar-refractivity contribution in [2.24, 2.45) is 17.1 Å². The number of hydrogen-bond donors (Lipinski definition) is 1. The van der Waals surface area contributed by atoms with Crippen molar-refractivity contribution >= 4 is 0 Å². The van der Waals surface area contributed by atoms with Crippen LogP contribution in [0.15, 0.2) is 4.52 Å². The van der Waals surface area contributed by atoms with Gasteiger partial charge in [0.25, 0.3) is 0 Å². The maximum atomic E-state index is 12.6. The van der Waals surface area contributed by atoms with E-state index in [1.54, 1.807) is 0 Å². The standard InChI is InChI=1S/C14H22F3N3O/c1-13(2,3)10(18)11-19-12(21-20-11)8-4-6-9(7-5-8)14(15,16)17/h8-10H,4-7,18H2,1-3H3. The summed E-state index contributed by atoms with van der Waals surface area (Å²) >= 11 is 0. The van der Waals surface area contributed by atoms with E-state index in [2.05, 4.69) is 10.1 Å². The average Bonchev–Trinajstić information content (AvgIpc) is 2.85. The molecule has 1 aromatic heterocycles. The van der Waals surface area contributed by atoms with Crippen LogP contribution in [0, 0.1) is 11.3 Å². The molecule has 1 heterocycles. The van der Waals surface area contributed by atoms with E-state index in [-0.39, 0.29) is 30.2 Å². The van der Waals surface area contributed by atoms with Gasteiger partial charge in [0.2, 0.25) is 5.89 Å². The predicted octanol–water partition coefficient (Wildman–Crippen LogP) is 3.95. The molecule has 0 aliphatic heterocycles. The predicted molar refractivity (Wildman–Crippen MR) is 71.4 cm³/mol. The molecule has 1 aliphatic rings. The molecular weight excluding hydrogens is 283 g/mol. The molecule has 120 valence electrons. The molecule has 1 atom stereocenters. The van der Waals surface area contributed by atoms with Gasteiger partial charge in [0.15, 0.2) is 5.82 Å². The van der Waals surface area contributed by atoms with Gasteiger partial charge in [-0.05, 0) is 31.1 Å². The monoisotopic (exact) mass is 305 g/mol. The molecule has 2 rings (SSSR count). The first-order chi connectivity index (χ1) is 9.59. The lowest BCUT2D eigenvalue weighted by molar-refractivity contribution is -0.182. The number of hydrogen-bond acceptors (Lipinski definition) is 4. The van der Waals surface area contributed by atoms with Gasteiger partial charge in [0.1, 0.15) is 0 Å². The Balaban J connectivity index is 2.01. The van der Waals surface area contributed by atoms with Crippen LogP contribution in [0.25, 0.3) is 0 Å². The molecule has 0 radical (unpaired) electrons. The summed E-state index contributed by atoms with van der Waals surface area (Å²) in [5, 5.41) is 3.89. The summed E-state index contributed by atoms with van der Waals surface area (Å²) in [5.74, 6) is -0.439. The molecule has 0 saturated heterocycles. The van der Waals surface area contributed by atoms with Crippen molar-refractivity contribution in [3.05, 3.63) is 11.7 Å². The second-order valence-electron chi connectivity index (χ2n) is 6.92. The van der Waals surface area contributed by atoms with Crippen LogP contribution in [-0.4, -0.2) is 16.3 Å². The van der Waals surface area contributed by atoms with Crippen LogP contribution < -0.4 is 5.73 Å². The molecule has 0 bridgehead atoms. The molecule has 7 heteroatoms. The average molecular weight is 305 g/mol. The SMILES string of the molecule is CC(C)(C)C(N)c1noc(C2CCC(C(F)(F)F)CC2)n1. The molecule has 1 aromatic rings. The van der Waals surface area contributed by atoms with Crippen molar-refractivity contribution in [2.45, 2.75) is 64.6 Å². The second-order valence-corrected chi connectivity index (χ2v) is 6.92. The Morgan fingerprint density at radius 2 is 1.71 bits per heavy atom. The normalized spacial score (nSPS) is 25.9. The number of rotatable bonds is 2. The molecule has 1 saturated carbocycles. The van der Waals surface area contributed by atoms with E-state index >= 15 is 0 Å². The lowest BCUT2D eigenvalue weighted by Crippen LogP contribution is -2.28. The number of nitrogens with two attached hydrogens (primary N) is 1. The Bertz CT molecular complexity index is 471. The number of alkyl halides is 3. The summed E-state index contributed by atoms with van der Waals surface area (Å²) in [6.45, 7) is 5.92. The van der Waals surface area contributed by atoms with Crippen LogP contribution in [0.4, 0.5) is 13.2 Å². The van der Waals surface area contributed by atoms with E-state index in [1.807, 2.05) is 20.8 Å². The molecular formula is C14H22F3N3O. The van der Waals surface area contributed by atoms with Gasteiger partial charge in [-0.1, -0.05) is 25.9 Å². The fourth-order valence-electron chi connectivity index (χ4n) is 2.59. The Labute approximate surface area is 122 Å². The fourth-order valence-corrected chi connectivity index (χ4v) is 2.59. The van der Waals surface area contributed by atoms with E-state index in [0.717, 1.165) is 0 Å². The van der Waals surface area contributed by atoms with Gasteiger partial charge in [-0.2, -0.15) is 18.2 Å². The molecule has 1 fully saturated rings. The highest BCUT2D eigenvalue weighted by Gasteiger charge is 2.42. The van der Waals surface area contributed by atoms with E-state index in [9.17, 15) is 13.2 Å². The Morgan fingerprint density at radius 1 is 1.14 bits per heavy atom. The summed E-state index contributed by atoms with van der Waals surface area (Å²) in [6.07, 6.45) is -3.00. The zero-order chi connectivity index (χ0) is 15.8. The molecule has 21 heavy (non-hydrogen) atoms. The van der Waals surface area contributed by atoms with Gasteiger partial charge >= 0.3 is 6.18 Å². The van der Waals surface area contributed by atoms with Crippen LogP contribution in [0.5, 0.6) is 0 Å². The zero-order valence-corrected chi connectivity index (χ0v) is 12.6. The molecule has 1 unspecified atom stereocenters. The second kappa shape index (κ2) is 5.59. The number of aromatic nitrogens is 2. The maximum absolute atomic E-state index is 12.6. The summed E-state index contributed by atoms with van der Waals surface area (Å²) in [7, 11) is 0.